The number of nitrogens with zero attached hydrogens (tertiary/aromatic N) is 2. The summed E-state index contributed by atoms with van der Waals surface area (Å²) in [6.45, 7) is 2.49. The van der Waals surface area contributed by atoms with E-state index in [1.165, 1.54) is 0 Å². The van der Waals surface area contributed by atoms with Crippen LogP contribution in [0.3, 0.4) is 0 Å². The van der Waals surface area contributed by atoms with Crippen molar-refractivity contribution in [3.63, 3.8) is 0 Å². The van der Waals surface area contributed by atoms with Crippen molar-refractivity contribution >= 4 is 5.69 Å². The van der Waals surface area contributed by atoms with Gasteiger partial charge >= 0.3 is 0 Å². The molecule has 0 amide bonds. The number of aromatic nitrogens is 2. The quantitative estimate of drug-likeness (QED) is 0.768. The molecule has 4 nitrogen and oxygen atoms in total. The Morgan fingerprint density at radius 3 is 2.67 bits per heavy atom. The predicted molar refractivity (Wildman–Crippen MR) is 83.7 cm³/mol. The summed E-state index contributed by atoms with van der Waals surface area (Å²) in [5.41, 5.74) is 3.73. The first-order valence-electron chi connectivity index (χ1n) is 6.86. The van der Waals surface area contributed by atoms with E-state index >= 15 is 0 Å². The van der Waals surface area contributed by atoms with Crippen molar-refractivity contribution in [1.29, 1.82) is 0 Å². The maximum absolute atomic E-state index is 9.69. The third-order valence-corrected chi connectivity index (χ3v) is 3.35. The molecule has 0 unspecified atom stereocenters. The Balaban J connectivity index is 1.69. The van der Waals surface area contributed by atoms with Gasteiger partial charge in [-0.05, 0) is 36.8 Å². The number of phenolic OH excluding ortho intramolecular Hbond substituents is 1. The smallest absolute Gasteiger partial charge is 0.120 e. The molecule has 1 heterocycles. The molecule has 0 aliphatic carbocycles. The van der Waals surface area contributed by atoms with Crippen LogP contribution in [-0.4, -0.2) is 14.9 Å². The maximum Gasteiger partial charge on any atom is 0.120 e. The Bertz CT molecular complexity index is 735. The minimum absolute atomic E-state index is 0.301. The summed E-state index contributed by atoms with van der Waals surface area (Å²) >= 11 is 0. The molecule has 0 aliphatic rings. The van der Waals surface area contributed by atoms with E-state index in [1.54, 1.807) is 6.07 Å². The Morgan fingerprint density at radius 1 is 1.10 bits per heavy atom. The normalized spacial score (nSPS) is 10.5. The average molecular weight is 279 g/mol. The molecule has 0 fully saturated rings. The average Bonchev–Trinajstić information content (AvgIpc) is 2.98. The van der Waals surface area contributed by atoms with E-state index < -0.39 is 0 Å². The zero-order chi connectivity index (χ0) is 14.7. The van der Waals surface area contributed by atoms with Crippen LogP contribution in [0.1, 0.15) is 11.3 Å². The summed E-state index contributed by atoms with van der Waals surface area (Å²) < 4.78 is 1.85. The van der Waals surface area contributed by atoms with Crippen LogP contribution in [-0.2, 0) is 6.54 Å². The largest absolute Gasteiger partial charge is 0.508 e. The van der Waals surface area contributed by atoms with Gasteiger partial charge in [-0.25, -0.2) is 4.68 Å². The summed E-state index contributed by atoms with van der Waals surface area (Å²) in [6.07, 6.45) is 1.94. The molecule has 21 heavy (non-hydrogen) atoms. The highest BCUT2D eigenvalue weighted by Crippen LogP contribution is 2.21. The summed E-state index contributed by atoms with van der Waals surface area (Å²) in [5.74, 6) is 0.301. The molecular weight excluding hydrogens is 262 g/mol. The molecular formula is C17H17N3O. The molecule has 2 aromatic carbocycles. The molecule has 3 rings (SSSR count). The van der Waals surface area contributed by atoms with E-state index in [2.05, 4.69) is 10.4 Å². The molecule has 0 radical (unpaired) electrons. The molecule has 0 saturated carbocycles. The molecule has 0 atom stereocenters. The maximum atomic E-state index is 9.69. The van der Waals surface area contributed by atoms with E-state index in [0.717, 1.165) is 22.6 Å². The van der Waals surface area contributed by atoms with Crippen LogP contribution in [0.25, 0.3) is 5.69 Å². The molecule has 2 N–H and O–H groups in total. The summed E-state index contributed by atoms with van der Waals surface area (Å²) in [4.78, 5) is 0. The molecule has 0 spiro atoms. The third-order valence-electron chi connectivity index (χ3n) is 3.35. The van der Waals surface area contributed by atoms with E-state index in [9.17, 15) is 5.11 Å². The summed E-state index contributed by atoms with van der Waals surface area (Å²) in [7, 11) is 0. The topological polar surface area (TPSA) is 50.1 Å². The second-order valence-corrected chi connectivity index (χ2v) is 4.94. The zero-order valence-electron chi connectivity index (χ0n) is 11.8. The van der Waals surface area contributed by atoms with Gasteiger partial charge in [0.1, 0.15) is 5.75 Å². The van der Waals surface area contributed by atoms with Gasteiger partial charge in [-0.15, -0.1) is 0 Å². The molecule has 0 bridgehead atoms. The van der Waals surface area contributed by atoms with Crippen LogP contribution in [0, 0.1) is 6.92 Å². The first kappa shape index (κ1) is 13.2. The number of anilines is 1. The monoisotopic (exact) mass is 279 g/mol. The van der Waals surface area contributed by atoms with Gasteiger partial charge in [0, 0.05) is 18.0 Å². The van der Waals surface area contributed by atoms with Crippen LogP contribution in [0.4, 0.5) is 5.69 Å². The van der Waals surface area contributed by atoms with Crippen LogP contribution < -0.4 is 5.32 Å². The lowest BCUT2D eigenvalue weighted by Crippen LogP contribution is -2.02. The number of benzene rings is 2. The lowest BCUT2D eigenvalue weighted by Gasteiger charge is -2.06. The SMILES string of the molecule is Cc1ccc(NCc2ccn(-c3ccccc3)n2)cc1O. The highest BCUT2D eigenvalue weighted by atomic mass is 16.3. The molecule has 0 saturated heterocycles. The first-order chi connectivity index (χ1) is 10.2. The number of rotatable bonds is 4. The van der Waals surface area contributed by atoms with Gasteiger partial charge in [0.2, 0.25) is 0 Å². The number of phenols is 1. The summed E-state index contributed by atoms with van der Waals surface area (Å²) in [5, 5.41) is 17.5. The third kappa shape index (κ3) is 3.05. The minimum Gasteiger partial charge on any atom is -0.508 e. The van der Waals surface area contributed by atoms with Crippen molar-refractivity contribution in [3.8, 4) is 11.4 Å². The second-order valence-electron chi connectivity index (χ2n) is 4.94. The van der Waals surface area contributed by atoms with Gasteiger partial charge in [-0.1, -0.05) is 24.3 Å². The molecule has 0 aliphatic heterocycles. The number of hydrogen-bond acceptors (Lipinski definition) is 3. The lowest BCUT2D eigenvalue weighted by atomic mass is 10.2. The van der Waals surface area contributed by atoms with Gasteiger partial charge in [-0.3, -0.25) is 0 Å². The fourth-order valence-electron chi connectivity index (χ4n) is 2.09. The first-order valence-corrected chi connectivity index (χ1v) is 6.86. The van der Waals surface area contributed by atoms with E-state index in [4.69, 9.17) is 0 Å². The number of hydrogen-bond donors (Lipinski definition) is 2. The van der Waals surface area contributed by atoms with Crippen molar-refractivity contribution in [2.24, 2.45) is 0 Å². The predicted octanol–water partition coefficient (Wildman–Crippen LogP) is 3.50. The Morgan fingerprint density at radius 2 is 1.90 bits per heavy atom. The standard InChI is InChI=1S/C17H17N3O/c1-13-7-8-14(11-17(13)21)18-12-15-9-10-20(19-15)16-5-3-2-4-6-16/h2-11,18,21H,12H2,1H3. The van der Waals surface area contributed by atoms with Crippen molar-refractivity contribution in [1.82, 2.24) is 9.78 Å². The van der Waals surface area contributed by atoms with Gasteiger partial charge in [0.05, 0.1) is 17.9 Å². The molecule has 3 aromatic rings. The Kier molecular flexibility index (Phi) is 3.60. The van der Waals surface area contributed by atoms with Crippen molar-refractivity contribution in [2.75, 3.05) is 5.32 Å². The highest BCUT2D eigenvalue weighted by Gasteiger charge is 2.02. The molecule has 1 aromatic heterocycles. The fourth-order valence-corrected chi connectivity index (χ4v) is 2.09. The van der Waals surface area contributed by atoms with Crippen molar-refractivity contribution < 1.29 is 5.11 Å². The number of aromatic hydroxyl groups is 1. The van der Waals surface area contributed by atoms with Crippen LogP contribution in [0.5, 0.6) is 5.75 Å². The molecule has 106 valence electrons. The fraction of sp³-hybridized carbons (Fsp3) is 0.118. The van der Waals surface area contributed by atoms with Gasteiger partial charge in [-0.2, -0.15) is 5.10 Å². The number of aryl methyl sites for hydroxylation is 1. The van der Waals surface area contributed by atoms with Crippen molar-refractivity contribution in [2.45, 2.75) is 13.5 Å². The van der Waals surface area contributed by atoms with Crippen LogP contribution in [0.15, 0.2) is 60.8 Å². The number of para-hydroxylation sites is 1. The van der Waals surface area contributed by atoms with E-state index in [0.29, 0.717) is 12.3 Å². The van der Waals surface area contributed by atoms with Gasteiger partial charge in [0.25, 0.3) is 0 Å². The van der Waals surface area contributed by atoms with Gasteiger partial charge < -0.3 is 10.4 Å². The molecule has 4 heteroatoms. The highest BCUT2D eigenvalue weighted by molar-refractivity contribution is 5.51. The minimum atomic E-state index is 0.301. The second kappa shape index (κ2) is 5.71. The zero-order valence-corrected chi connectivity index (χ0v) is 11.8. The van der Waals surface area contributed by atoms with Crippen LogP contribution in [0.2, 0.25) is 0 Å². The van der Waals surface area contributed by atoms with Crippen LogP contribution >= 0.6 is 0 Å². The van der Waals surface area contributed by atoms with E-state index in [1.807, 2.05) is 66.3 Å². The van der Waals surface area contributed by atoms with Gasteiger partial charge in [0.15, 0.2) is 0 Å². The van der Waals surface area contributed by atoms with Crippen molar-refractivity contribution in [3.05, 3.63) is 72.1 Å². The van der Waals surface area contributed by atoms with E-state index in [-0.39, 0.29) is 0 Å². The lowest BCUT2D eigenvalue weighted by molar-refractivity contribution is 0.471. The Labute approximate surface area is 123 Å². The summed E-state index contributed by atoms with van der Waals surface area (Å²) in [6, 6.07) is 17.5. The Hall–Kier alpha value is -2.75. The number of nitrogens with one attached hydrogen (secondary N) is 1.